The molecule has 0 aliphatic heterocycles. The summed E-state index contributed by atoms with van der Waals surface area (Å²) >= 11 is 0. The molecule has 0 heterocycles. The second-order valence-electron chi connectivity index (χ2n) is 1.80. The molecule has 1 N–H and O–H groups in total. The van der Waals surface area contributed by atoms with Crippen molar-refractivity contribution in [3.8, 4) is 5.75 Å². The van der Waals surface area contributed by atoms with Gasteiger partial charge in [0.25, 0.3) is 0 Å². The summed E-state index contributed by atoms with van der Waals surface area (Å²) in [4.78, 5) is 0. The number of phenols is 1. The highest BCUT2D eigenvalue weighted by Crippen LogP contribution is 2.09. The largest absolute Gasteiger partial charge is 0.508 e. The fourth-order valence-corrected chi connectivity index (χ4v) is 0.610. The Hall–Kier alpha value is -1.50. The van der Waals surface area contributed by atoms with Crippen LogP contribution in [0.3, 0.4) is 0 Å². The molecule has 0 saturated heterocycles. The first-order chi connectivity index (χ1) is 5.33. The topological polar surface area (TPSA) is 20.2 Å². The molecular formula is C10H12O. The van der Waals surface area contributed by atoms with Crippen LogP contribution >= 0.6 is 0 Å². The lowest BCUT2D eigenvalue weighted by Crippen LogP contribution is -1.67. The van der Waals surface area contributed by atoms with Crippen LogP contribution in [0.25, 0.3) is 6.08 Å². The van der Waals surface area contributed by atoms with Crippen LogP contribution < -0.4 is 0 Å². The first-order valence-electron chi connectivity index (χ1n) is 3.24. The van der Waals surface area contributed by atoms with Crippen molar-refractivity contribution in [1.29, 1.82) is 0 Å². The lowest BCUT2D eigenvalue weighted by Gasteiger charge is -1.90. The molecule has 0 aliphatic carbocycles. The van der Waals surface area contributed by atoms with Crippen LogP contribution in [0.2, 0.25) is 0 Å². The van der Waals surface area contributed by atoms with Crippen LogP contribution in [-0.4, -0.2) is 5.11 Å². The molecule has 1 aromatic rings. The van der Waals surface area contributed by atoms with Gasteiger partial charge in [0, 0.05) is 0 Å². The summed E-state index contributed by atoms with van der Waals surface area (Å²) < 4.78 is 0. The molecule has 1 heteroatoms. The van der Waals surface area contributed by atoms with Crippen molar-refractivity contribution in [2.75, 3.05) is 0 Å². The summed E-state index contributed by atoms with van der Waals surface area (Å²) in [6, 6.07) is 6.89. The van der Waals surface area contributed by atoms with Crippen LogP contribution in [0.4, 0.5) is 0 Å². The highest BCUT2D eigenvalue weighted by molar-refractivity contribution is 5.47. The van der Waals surface area contributed by atoms with E-state index in [2.05, 4.69) is 19.7 Å². The third-order valence-electron chi connectivity index (χ3n) is 1.13. The Morgan fingerprint density at radius 1 is 1.09 bits per heavy atom. The third-order valence-corrected chi connectivity index (χ3v) is 1.13. The molecule has 0 amide bonds. The minimum atomic E-state index is 0.292. The molecule has 0 atom stereocenters. The standard InChI is InChI=1S/C8H8O.C2H4/c1-2-7-3-5-8(9)6-4-7;1-2/h2-6,9H,1H2;1-2H2. The maximum Gasteiger partial charge on any atom is 0.115 e. The van der Waals surface area contributed by atoms with Gasteiger partial charge >= 0.3 is 0 Å². The van der Waals surface area contributed by atoms with E-state index in [9.17, 15) is 0 Å². The molecule has 0 fully saturated rings. The molecule has 0 aromatic heterocycles. The van der Waals surface area contributed by atoms with Crippen molar-refractivity contribution in [2.45, 2.75) is 0 Å². The summed E-state index contributed by atoms with van der Waals surface area (Å²) in [6.07, 6.45) is 1.74. The van der Waals surface area contributed by atoms with Gasteiger partial charge in [0.15, 0.2) is 0 Å². The lowest BCUT2D eigenvalue weighted by molar-refractivity contribution is 0.475. The smallest absolute Gasteiger partial charge is 0.115 e. The monoisotopic (exact) mass is 148 g/mol. The van der Waals surface area contributed by atoms with E-state index in [0.717, 1.165) is 5.56 Å². The quantitative estimate of drug-likeness (QED) is 0.607. The van der Waals surface area contributed by atoms with Crippen molar-refractivity contribution >= 4 is 6.08 Å². The van der Waals surface area contributed by atoms with Gasteiger partial charge in [0.2, 0.25) is 0 Å². The maximum atomic E-state index is 8.82. The van der Waals surface area contributed by atoms with Crippen LogP contribution in [0.15, 0.2) is 44.0 Å². The summed E-state index contributed by atoms with van der Waals surface area (Å²) in [5.74, 6) is 0.292. The van der Waals surface area contributed by atoms with Gasteiger partial charge in [0.05, 0.1) is 0 Å². The first kappa shape index (κ1) is 9.50. The fourth-order valence-electron chi connectivity index (χ4n) is 0.610. The van der Waals surface area contributed by atoms with Crippen molar-refractivity contribution in [2.24, 2.45) is 0 Å². The summed E-state index contributed by atoms with van der Waals surface area (Å²) in [5, 5.41) is 8.82. The second kappa shape index (κ2) is 5.30. The number of benzene rings is 1. The zero-order chi connectivity index (χ0) is 8.69. The van der Waals surface area contributed by atoms with E-state index in [1.807, 2.05) is 12.1 Å². The van der Waals surface area contributed by atoms with Gasteiger partial charge in [-0.2, -0.15) is 0 Å². The van der Waals surface area contributed by atoms with Gasteiger partial charge in [-0.25, -0.2) is 0 Å². The first-order valence-corrected chi connectivity index (χ1v) is 3.24. The number of hydrogen-bond donors (Lipinski definition) is 1. The van der Waals surface area contributed by atoms with Crippen LogP contribution in [-0.2, 0) is 0 Å². The Morgan fingerprint density at radius 3 is 1.91 bits per heavy atom. The van der Waals surface area contributed by atoms with Gasteiger partial charge in [-0.05, 0) is 17.7 Å². The highest BCUT2D eigenvalue weighted by atomic mass is 16.3. The number of hydrogen-bond acceptors (Lipinski definition) is 1. The normalized spacial score (nSPS) is 7.64. The van der Waals surface area contributed by atoms with E-state index in [1.165, 1.54) is 0 Å². The summed E-state index contributed by atoms with van der Waals surface area (Å²) in [7, 11) is 0. The van der Waals surface area contributed by atoms with Crippen LogP contribution in [0.1, 0.15) is 5.56 Å². The Balaban J connectivity index is 0.000000461. The Bertz CT molecular complexity index is 211. The average Bonchev–Trinajstić information content (AvgIpc) is 2.10. The molecule has 1 rings (SSSR count). The SMILES string of the molecule is C=C.C=Cc1ccc(O)cc1. The number of aromatic hydroxyl groups is 1. The van der Waals surface area contributed by atoms with Crippen molar-refractivity contribution in [3.63, 3.8) is 0 Å². The van der Waals surface area contributed by atoms with E-state index in [0.29, 0.717) is 5.75 Å². The van der Waals surface area contributed by atoms with E-state index in [1.54, 1.807) is 18.2 Å². The summed E-state index contributed by atoms with van der Waals surface area (Å²) in [5.41, 5.74) is 1.02. The number of rotatable bonds is 1. The minimum Gasteiger partial charge on any atom is -0.508 e. The van der Waals surface area contributed by atoms with Crippen LogP contribution in [0, 0.1) is 0 Å². The maximum absolute atomic E-state index is 8.82. The Labute approximate surface area is 67.3 Å². The molecule has 0 aliphatic rings. The zero-order valence-corrected chi connectivity index (χ0v) is 6.46. The van der Waals surface area contributed by atoms with Gasteiger partial charge in [-0.15, -0.1) is 13.2 Å². The predicted octanol–water partition coefficient (Wildman–Crippen LogP) is 2.84. The molecule has 1 nitrogen and oxygen atoms in total. The van der Waals surface area contributed by atoms with Crippen molar-refractivity contribution in [1.82, 2.24) is 0 Å². The minimum absolute atomic E-state index is 0.292. The average molecular weight is 148 g/mol. The van der Waals surface area contributed by atoms with E-state index in [-0.39, 0.29) is 0 Å². The Morgan fingerprint density at radius 2 is 1.55 bits per heavy atom. The molecule has 0 unspecified atom stereocenters. The molecular weight excluding hydrogens is 136 g/mol. The molecule has 0 spiro atoms. The van der Waals surface area contributed by atoms with Crippen molar-refractivity contribution < 1.29 is 5.11 Å². The van der Waals surface area contributed by atoms with Gasteiger partial charge in [-0.3, -0.25) is 0 Å². The van der Waals surface area contributed by atoms with Gasteiger partial charge < -0.3 is 5.11 Å². The third kappa shape index (κ3) is 3.26. The van der Waals surface area contributed by atoms with E-state index in [4.69, 9.17) is 5.11 Å². The number of phenolic OH excluding ortho intramolecular Hbond substituents is 1. The summed E-state index contributed by atoms with van der Waals surface area (Å²) in [6.45, 7) is 9.58. The highest BCUT2D eigenvalue weighted by Gasteiger charge is 1.84. The molecule has 0 bridgehead atoms. The van der Waals surface area contributed by atoms with E-state index >= 15 is 0 Å². The van der Waals surface area contributed by atoms with Crippen molar-refractivity contribution in [3.05, 3.63) is 49.6 Å². The zero-order valence-electron chi connectivity index (χ0n) is 6.46. The molecule has 58 valence electrons. The predicted molar refractivity (Wildman–Crippen MR) is 49.5 cm³/mol. The fraction of sp³-hybridized carbons (Fsp3) is 0. The van der Waals surface area contributed by atoms with Crippen LogP contribution in [0.5, 0.6) is 5.75 Å². The lowest BCUT2D eigenvalue weighted by atomic mass is 10.2. The molecule has 0 radical (unpaired) electrons. The second-order valence-corrected chi connectivity index (χ2v) is 1.80. The molecule has 1 aromatic carbocycles. The molecule has 0 saturated carbocycles. The van der Waals surface area contributed by atoms with E-state index < -0.39 is 0 Å². The van der Waals surface area contributed by atoms with Gasteiger partial charge in [0.1, 0.15) is 5.75 Å². The van der Waals surface area contributed by atoms with Gasteiger partial charge in [-0.1, -0.05) is 24.8 Å². The molecule has 11 heavy (non-hydrogen) atoms. The Kier molecular flexibility index (Phi) is 4.58.